The van der Waals surface area contributed by atoms with E-state index in [1.807, 2.05) is 0 Å². The largest absolute Gasteiger partial charge is 0.306 e. The van der Waals surface area contributed by atoms with Crippen LogP contribution in [0.4, 0.5) is 0 Å². The van der Waals surface area contributed by atoms with Crippen molar-refractivity contribution in [3.63, 3.8) is 0 Å². The second kappa shape index (κ2) is 4.42. The molecule has 0 amide bonds. The van der Waals surface area contributed by atoms with Gasteiger partial charge in [-0.2, -0.15) is 0 Å². The molecular weight excluding hydrogens is 194 g/mol. The molecule has 2 rings (SSSR count). The second-order valence-electron chi connectivity index (χ2n) is 5.02. The average Bonchev–Trinajstić information content (AvgIpc) is 2.31. The van der Waals surface area contributed by atoms with Gasteiger partial charge in [0, 0.05) is 12.0 Å². The van der Waals surface area contributed by atoms with Gasteiger partial charge in [0.2, 0.25) is 0 Å². The molecule has 1 fully saturated rings. The summed E-state index contributed by atoms with van der Waals surface area (Å²) in [6.07, 6.45) is 3.35. The van der Waals surface area contributed by atoms with E-state index in [2.05, 4.69) is 61.9 Å². The van der Waals surface area contributed by atoms with Crippen molar-refractivity contribution < 1.29 is 0 Å². The van der Waals surface area contributed by atoms with Gasteiger partial charge in [-0.05, 0) is 31.5 Å². The number of rotatable bonds is 2. The van der Waals surface area contributed by atoms with Gasteiger partial charge in [0.25, 0.3) is 0 Å². The van der Waals surface area contributed by atoms with Crippen molar-refractivity contribution in [2.45, 2.75) is 18.8 Å². The lowest BCUT2D eigenvalue weighted by Gasteiger charge is -2.44. The fraction of sp³-hybridized carbons (Fsp3) is 0.467. The maximum absolute atomic E-state index is 4.09. The van der Waals surface area contributed by atoms with Crippen LogP contribution in [-0.4, -0.2) is 25.0 Å². The number of piperidine rings is 1. The van der Waals surface area contributed by atoms with Gasteiger partial charge in [-0.25, -0.2) is 0 Å². The molecular formula is C15H21N. The predicted molar refractivity (Wildman–Crippen MR) is 69.6 cm³/mol. The summed E-state index contributed by atoms with van der Waals surface area (Å²) in [4.78, 5) is 2.41. The normalized spacial score (nSPS) is 31.2. The zero-order valence-corrected chi connectivity index (χ0v) is 10.3. The van der Waals surface area contributed by atoms with E-state index in [0.717, 1.165) is 13.1 Å². The van der Waals surface area contributed by atoms with Crippen molar-refractivity contribution in [3.05, 3.63) is 48.6 Å². The van der Waals surface area contributed by atoms with Crippen molar-refractivity contribution in [1.82, 2.24) is 4.90 Å². The Bertz CT molecular complexity index is 357. The number of nitrogens with zero attached hydrogens (tertiary/aromatic N) is 1. The molecule has 1 aliphatic rings. The number of hydrogen-bond donors (Lipinski definition) is 0. The predicted octanol–water partition coefficient (Wildman–Crippen LogP) is 3.08. The minimum Gasteiger partial charge on any atom is -0.306 e. The quantitative estimate of drug-likeness (QED) is 0.685. The molecule has 1 nitrogen and oxygen atoms in total. The summed E-state index contributed by atoms with van der Waals surface area (Å²) in [6.45, 7) is 8.74. The van der Waals surface area contributed by atoms with Crippen LogP contribution in [0.25, 0.3) is 0 Å². The van der Waals surface area contributed by atoms with Crippen LogP contribution in [0.15, 0.2) is 43.0 Å². The molecule has 0 spiro atoms. The van der Waals surface area contributed by atoms with Crippen LogP contribution in [0, 0.1) is 5.92 Å². The van der Waals surface area contributed by atoms with E-state index in [1.165, 1.54) is 12.0 Å². The highest BCUT2D eigenvalue weighted by Crippen LogP contribution is 2.40. The summed E-state index contributed by atoms with van der Waals surface area (Å²) >= 11 is 0. The summed E-state index contributed by atoms with van der Waals surface area (Å²) in [5.74, 6) is 0.631. The second-order valence-corrected chi connectivity index (χ2v) is 5.02. The first-order valence-corrected chi connectivity index (χ1v) is 6.07. The topological polar surface area (TPSA) is 3.24 Å². The highest BCUT2D eigenvalue weighted by molar-refractivity contribution is 5.32. The first-order valence-electron chi connectivity index (χ1n) is 6.07. The summed E-state index contributed by atoms with van der Waals surface area (Å²) in [7, 11) is 2.20. The van der Waals surface area contributed by atoms with Gasteiger partial charge in [0.1, 0.15) is 0 Å². The third-order valence-corrected chi connectivity index (χ3v) is 4.05. The molecule has 1 heteroatoms. The fourth-order valence-electron chi connectivity index (χ4n) is 2.94. The van der Waals surface area contributed by atoms with E-state index in [1.54, 1.807) is 0 Å². The lowest BCUT2D eigenvalue weighted by atomic mass is 9.67. The van der Waals surface area contributed by atoms with E-state index in [9.17, 15) is 0 Å². The van der Waals surface area contributed by atoms with Gasteiger partial charge in [0.05, 0.1) is 0 Å². The Kier molecular flexibility index (Phi) is 3.15. The smallest absolute Gasteiger partial charge is 0.0179 e. The Morgan fingerprint density at radius 1 is 1.38 bits per heavy atom. The van der Waals surface area contributed by atoms with E-state index in [0.29, 0.717) is 5.92 Å². The molecule has 1 aromatic rings. The highest BCUT2D eigenvalue weighted by Gasteiger charge is 2.38. The maximum Gasteiger partial charge on any atom is 0.0179 e. The molecule has 0 bridgehead atoms. The van der Waals surface area contributed by atoms with Crippen LogP contribution in [0.5, 0.6) is 0 Å². The van der Waals surface area contributed by atoms with Crippen molar-refractivity contribution >= 4 is 0 Å². The zero-order chi connectivity index (χ0) is 11.6. The molecule has 1 aliphatic heterocycles. The first-order chi connectivity index (χ1) is 7.69. The van der Waals surface area contributed by atoms with Gasteiger partial charge in [-0.1, -0.05) is 43.3 Å². The highest BCUT2D eigenvalue weighted by atomic mass is 15.1. The van der Waals surface area contributed by atoms with Crippen LogP contribution in [0.3, 0.4) is 0 Å². The Balaban J connectivity index is 2.36. The van der Waals surface area contributed by atoms with E-state index >= 15 is 0 Å². The molecule has 0 saturated carbocycles. The van der Waals surface area contributed by atoms with Crippen molar-refractivity contribution in [2.24, 2.45) is 5.92 Å². The van der Waals surface area contributed by atoms with Crippen molar-refractivity contribution in [1.29, 1.82) is 0 Å². The van der Waals surface area contributed by atoms with Gasteiger partial charge in [0.15, 0.2) is 0 Å². The van der Waals surface area contributed by atoms with E-state index in [-0.39, 0.29) is 5.41 Å². The molecule has 0 N–H and O–H groups in total. The molecule has 2 unspecified atom stereocenters. The standard InChI is InChI=1S/C15H21N/c1-4-15(14-8-6-5-7-9-14)10-11-16(3)12-13(15)2/h4-9,13H,1,10-12H2,2-3H3. The van der Waals surface area contributed by atoms with Crippen LogP contribution < -0.4 is 0 Å². The third-order valence-electron chi connectivity index (χ3n) is 4.05. The molecule has 2 atom stereocenters. The Hall–Kier alpha value is -1.08. The van der Waals surface area contributed by atoms with E-state index in [4.69, 9.17) is 0 Å². The maximum atomic E-state index is 4.09. The third kappa shape index (κ3) is 1.80. The summed E-state index contributed by atoms with van der Waals surface area (Å²) in [6, 6.07) is 10.8. The van der Waals surface area contributed by atoms with Crippen LogP contribution in [-0.2, 0) is 5.41 Å². The summed E-state index contributed by atoms with van der Waals surface area (Å²) in [5.41, 5.74) is 1.60. The number of benzene rings is 1. The molecule has 0 aromatic heterocycles. The fourth-order valence-corrected chi connectivity index (χ4v) is 2.94. The molecule has 86 valence electrons. The zero-order valence-electron chi connectivity index (χ0n) is 10.3. The number of likely N-dealkylation sites (tertiary alicyclic amines) is 1. The van der Waals surface area contributed by atoms with Gasteiger partial charge >= 0.3 is 0 Å². The SMILES string of the molecule is C=CC1(c2ccccc2)CCN(C)CC1C. The number of hydrogen-bond acceptors (Lipinski definition) is 1. The summed E-state index contributed by atoms with van der Waals surface area (Å²) < 4.78 is 0. The van der Waals surface area contributed by atoms with Gasteiger partial charge in [-0.15, -0.1) is 6.58 Å². The molecule has 0 radical (unpaired) electrons. The van der Waals surface area contributed by atoms with Gasteiger partial charge < -0.3 is 4.90 Å². The molecule has 1 saturated heterocycles. The number of allylic oxidation sites excluding steroid dienone is 1. The monoisotopic (exact) mass is 215 g/mol. The molecule has 1 heterocycles. The summed E-state index contributed by atoms with van der Waals surface area (Å²) in [5, 5.41) is 0. The first kappa shape index (κ1) is 11.4. The Morgan fingerprint density at radius 3 is 2.62 bits per heavy atom. The minimum absolute atomic E-state index is 0.174. The Morgan fingerprint density at radius 2 is 2.06 bits per heavy atom. The van der Waals surface area contributed by atoms with Crippen molar-refractivity contribution in [2.75, 3.05) is 20.1 Å². The van der Waals surface area contributed by atoms with Crippen molar-refractivity contribution in [3.8, 4) is 0 Å². The molecule has 16 heavy (non-hydrogen) atoms. The average molecular weight is 215 g/mol. The minimum atomic E-state index is 0.174. The molecule has 1 aromatic carbocycles. The van der Waals surface area contributed by atoms with Crippen LogP contribution >= 0.6 is 0 Å². The lowest BCUT2D eigenvalue weighted by molar-refractivity contribution is 0.153. The van der Waals surface area contributed by atoms with E-state index < -0.39 is 0 Å². The molecule has 0 aliphatic carbocycles. The van der Waals surface area contributed by atoms with Gasteiger partial charge in [-0.3, -0.25) is 0 Å². The van der Waals surface area contributed by atoms with Crippen LogP contribution in [0.2, 0.25) is 0 Å². The Labute approximate surface area is 98.8 Å². The lowest BCUT2D eigenvalue weighted by Crippen LogP contribution is -2.46. The van der Waals surface area contributed by atoms with Crippen LogP contribution in [0.1, 0.15) is 18.9 Å².